The Bertz CT molecular complexity index is 489. The minimum atomic E-state index is -1.16. The molecular weight excluding hydrogens is 399 g/mol. The van der Waals surface area contributed by atoms with Crippen LogP contribution >= 0.6 is 0 Å². The molecule has 0 atom stereocenters. The average Bonchev–Trinajstić information content (AvgIpc) is 2.46. The predicted molar refractivity (Wildman–Crippen MR) is 98.6 cm³/mol. The van der Waals surface area contributed by atoms with Crippen LogP contribution < -0.4 is 35.7 Å². The summed E-state index contributed by atoms with van der Waals surface area (Å²) in [5, 5.41) is 26.6. The van der Waals surface area contributed by atoms with Gasteiger partial charge in [0.1, 0.15) is 11.6 Å². The minimum Gasteiger partial charge on any atom is -0.480 e. The normalized spacial score (nSPS) is 10.4. The van der Waals surface area contributed by atoms with E-state index in [2.05, 4.69) is 0 Å². The average molecular weight is 429 g/mol. The molecule has 0 spiro atoms. The molecule has 13 heteroatoms. The molecule has 0 aromatic carbocycles. The Balaban J connectivity index is -0.00000338. The molecule has 0 unspecified atom stereocenters. The smallest absolute Gasteiger partial charge is 0.480 e. The first-order valence-corrected chi connectivity index (χ1v) is 8.31. The van der Waals surface area contributed by atoms with Crippen molar-refractivity contribution in [3.05, 3.63) is 0 Å². The number of nitrogens with zero attached hydrogens (tertiary/aromatic N) is 3. The number of ketones is 2. The van der Waals surface area contributed by atoms with E-state index in [-0.39, 0.29) is 93.1 Å². The van der Waals surface area contributed by atoms with Gasteiger partial charge in [0.2, 0.25) is 0 Å². The van der Waals surface area contributed by atoms with Crippen LogP contribution in [0.3, 0.4) is 0 Å². The molecule has 0 aromatic rings. The van der Waals surface area contributed by atoms with E-state index in [0.29, 0.717) is 0 Å². The van der Waals surface area contributed by atoms with Gasteiger partial charge in [0.05, 0.1) is 32.7 Å². The monoisotopic (exact) mass is 429 g/mol. The largest absolute Gasteiger partial charge is 1.00 e. The summed E-state index contributed by atoms with van der Waals surface area (Å²) in [7, 11) is 0. The molecule has 0 radical (unpaired) electrons. The van der Waals surface area contributed by atoms with Gasteiger partial charge in [-0.05, 0) is 13.8 Å². The number of hydrogen-bond acceptors (Lipinski definition) is 9. The fourth-order valence-electron chi connectivity index (χ4n) is 2.47. The maximum Gasteiger partial charge on any atom is 1.00 e. The van der Waals surface area contributed by atoms with Gasteiger partial charge in [-0.1, -0.05) is 0 Å². The summed E-state index contributed by atoms with van der Waals surface area (Å²) < 4.78 is 0. The molecule has 0 saturated carbocycles. The number of carbonyl (C=O) groups is 5. The summed E-state index contributed by atoms with van der Waals surface area (Å²) in [5.74, 6) is -3.74. The van der Waals surface area contributed by atoms with E-state index >= 15 is 0 Å². The zero-order valence-electron chi connectivity index (χ0n) is 17.3. The third-order valence-electron chi connectivity index (χ3n) is 3.43. The molecule has 0 amide bonds. The molecule has 0 aromatic heterocycles. The number of carbonyl (C=O) groups excluding carboxylic acids is 2. The molecule has 0 heterocycles. The maximum absolute atomic E-state index is 11.4. The molecule has 0 aliphatic carbocycles. The molecule has 0 saturated heterocycles. The standard InChI is InChI=1S/C16H27N3O8.H3N.Na/c1-12(20)7-17(3-5-18(8-13(2)21)9-14(22)23)4-6-19(10-15(24)25)11-16(26)27;;/h3-11H2,1-2H3,(H,22,23)(H,24,25)(H,26,27);1H3;/q;;+1. The Morgan fingerprint density at radius 3 is 1.07 bits per heavy atom. The zero-order chi connectivity index (χ0) is 21.0. The Hall–Kier alpha value is -1.41. The van der Waals surface area contributed by atoms with Gasteiger partial charge in [-0.15, -0.1) is 0 Å². The van der Waals surface area contributed by atoms with Crippen LogP contribution in [0, 0.1) is 0 Å². The quantitative estimate of drug-likeness (QED) is 0.172. The van der Waals surface area contributed by atoms with Gasteiger partial charge in [-0.3, -0.25) is 38.7 Å². The van der Waals surface area contributed by atoms with Crippen molar-refractivity contribution in [3.8, 4) is 0 Å². The maximum atomic E-state index is 11.4. The predicted octanol–water partition coefficient (Wildman–Crippen LogP) is -4.51. The summed E-state index contributed by atoms with van der Waals surface area (Å²) in [4.78, 5) is 59.6. The summed E-state index contributed by atoms with van der Waals surface area (Å²) in [6.45, 7) is 2.34. The Morgan fingerprint density at radius 2 is 0.793 bits per heavy atom. The van der Waals surface area contributed by atoms with Crippen LogP contribution in [-0.4, -0.2) is 118 Å². The third kappa shape index (κ3) is 19.7. The van der Waals surface area contributed by atoms with E-state index in [9.17, 15) is 24.0 Å². The van der Waals surface area contributed by atoms with Gasteiger partial charge in [-0.25, -0.2) is 0 Å². The van der Waals surface area contributed by atoms with Gasteiger partial charge in [0.25, 0.3) is 0 Å². The molecule has 12 nitrogen and oxygen atoms in total. The van der Waals surface area contributed by atoms with Crippen LogP contribution in [-0.2, 0) is 24.0 Å². The van der Waals surface area contributed by atoms with Crippen molar-refractivity contribution >= 4 is 29.5 Å². The van der Waals surface area contributed by atoms with Gasteiger partial charge in [0.15, 0.2) is 0 Å². The third-order valence-corrected chi connectivity index (χ3v) is 3.43. The van der Waals surface area contributed by atoms with E-state index in [0.717, 1.165) is 0 Å². The second kappa shape index (κ2) is 17.4. The van der Waals surface area contributed by atoms with Crippen LogP contribution in [0.1, 0.15) is 13.8 Å². The van der Waals surface area contributed by atoms with E-state index in [1.807, 2.05) is 0 Å². The van der Waals surface area contributed by atoms with Crippen molar-refractivity contribution in [1.82, 2.24) is 20.9 Å². The van der Waals surface area contributed by atoms with Crippen molar-refractivity contribution in [2.45, 2.75) is 13.8 Å². The van der Waals surface area contributed by atoms with Gasteiger partial charge in [0, 0.05) is 26.2 Å². The van der Waals surface area contributed by atoms with Crippen molar-refractivity contribution < 1.29 is 68.8 Å². The summed E-state index contributed by atoms with van der Waals surface area (Å²) in [5.41, 5.74) is 0. The Morgan fingerprint density at radius 1 is 0.552 bits per heavy atom. The Labute approximate surface area is 191 Å². The molecule has 0 bridgehead atoms. The van der Waals surface area contributed by atoms with Crippen LogP contribution in [0.15, 0.2) is 0 Å². The molecule has 0 rings (SSSR count). The van der Waals surface area contributed by atoms with Gasteiger partial charge < -0.3 is 21.5 Å². The molecule has 0 aliphatic rings. The van der Waals surface area contributed by atoms with E-state index in [1.165, 1.54) is 23.6 Å². The summed E-state index contributed by atoms with van der Waals surface area (Å²) in [6, 6.07) is 0. The molecule has 0 fully saturated rings. The molecule has 0 aliphatic heterocycles. The number of carboxylic acid groups (broad SMARTS) is 3. The van der Waals surface area contributed by atoms with Crippen molar-refractivity contribution in [1.29, 1.82) is 0 Å². The number of rotatable bonds is 16. The van der Waals surface area contributed by atoms with Crippen LogP contribution in [0.4, 0.5) is 0 Å². The van der Waals surface area contributed by atoms with E-state index < -0.39 is 31.0 Å². The minimum absolute atomic E-state index is 0. The first-order valence-electron chi connectivity index (χ1n) is 8.31. The van der Waals surface area contributed by atoms with Crippen LogP contribution in [0.2, 0.25) is 0 Å². The molecule has 29 heavy (non-hydrogen) atoms. The van der Waals surface area contributed by atoms with E-state index in [4.69, 9.17) is 15.3 Å². The van der Waals surface area contributed by atoms with Crippen LogP contribution in [0.5, 0.6) is 0 Å². The second-order valence-electron chi connectivity index (χ2n) is 6.28. The van der Waals surface area contributed by atoms with E-state index in [1.54, 1.807) is 4.90 Å². The van der Waals surface area contributed by atoms with Crippen molar-refractivity contribution in [3.63, 3.8) is 0 Å². The van der Waals surface area contributed by atoms with Gasteiger partial charge in [-0.2, -0.15) is 0 Å². The zero-order valence-corrected chi connectivity index (χ0v) is 19.3. The summed E-state index contributed by atoms with van der Waals surface area (Å²) in [6.07, 6.45) is 0. The SMILES string of the molecule is CC(=O)CN(CCN(CC(C)=O)CC(=O)O)CCN(CC(=O)O)CC(=O)O.N.[Na+]. The topological polar surface area (TPSA) is 191 Å². The second-order valence-corrected chi connectivity index (χ2v) is 6.28. The number of hydrogen-bond donors (Lipinski definition) is 4. The number of aliphatic carboxylic acids is 3. The Kier molecular flexibility index (Phi) is 19.4. The molecular formula is C16H30N4NaO8+. The molecule has 162 valence electrons. The fourth-order valence-corrected chi connectivity index (χ4v) is 2.47. The fraction of sp³-hybridized carbons (Fsp3) is 0.688. The van der Waals surface area contributed by atoms with Gasteiger partial charge >= 0.3 is 47.5 Å². The number of Topliss-reactive ketones (excluding diaryl/α,β-unsaturated/α-hetero) is 2. The first-order chi connectivity index (χ1) is 12.5. The summed E-state index contributed by atoms with van der Waals surface area (Å²) >= 11 is 0. The van der Waals surface area contributed by atoms with Crippen LogP contribution in [0.25, 0.3) is 0 Å². The number of carboxylic acids is 3. The van der Waals surface area contributed by atoms with Crippen molar-refractivity contribution in [2.75, 3.05) is 58.9 Å². The first kappa shape index (κ1) is 32.3. The molecule has 6 N–H and O–H groups in total. The van der Waals surface area contributed by atoms with Crippen molar-refractivity contribution in [2.24, 2.45) is 0 Å².